The molecule has 4 rings (SSSR count). The highest BCUT2D eigenvalue weighted by atomic mass is 79.9. The van der Waals surface area contributed by atoms with E-state index < -0.39 is 11.8 Å². The summed E-state index contributed by atoms with van der Waals surface area (Å²) in [6.07, 6.45) is 6.13. The molecule has 1 aliphatic heterocycles. The van der Waals surface area contributed by atoms with E-state index in [-0.39, 0.29) is 11.8 Å². The van der Waals surface area contributed by atoms with E-state index in [4.69, 9.17) is 14.6 Å². The third kappa shape index (κ3) is 2.13. The van der Waals surface area contributed by atoms with Crippen LogP contribution in [-0.4, -0.2) is 16.9 Å². The predicted octanol–water partition coefficient (Wildman–Crippen LogP) is 4.00. The highest BCUT2D eigenvalue weighted by molar-refractivity contribution is 9.10. The number of hydrogen-bond donors (Lipinski definition) is 1. The van der Waals surface area contributed by atoms with Gasteiger partial charge in [-0.2, -0.15) is 0 Å². The molecule has 0 atom stereocenters. The maximum Gasteiger partial charge on any atom is 0.304 e. The van der Waals surface area contributed by atoms with Crippen LogP contribution >= 0.6 is 15.9 Å². The minimum absolute atomic E-state index is 0.177. The Morgan fingerprint density at radius 2 is 1.76 bits per heavy atom. The highest BCUT2D eigenvalue weighted by Gasteiger charge is 2.49. The Hall–Kier alpha value is -1.23. The quantitative estimate of drug-likeness (QED) is 0.893. The van der Waals surface area contributed by atoms with Crippen LogP contribution in [0.25, 0.3) is 0 Å². The first-order chi connectivity index (χ1) is 10.0. The van der Waals surface area contributed by atoms with Gasteiger partial charge in [0, 0.05) is 22.7 Å². The smallest absolute Gasteiger partial charge is 0.304 e. The summed E-state index contributed by atoms with van der Waals surface area (Å²) in [6, 6.07) is 3.93. The molecule has 0 bridgehead atoms. The SMILES string of the molecule is O=C(O)CC1(c2cc3c(cc2Br)OC2(CCCC2)O3)CC1. The summed E-state index contributed by atoms with van der Waals surface area (Å²) in [5.41, 5.74) is 0.816. The van der Waals surface area contributed by atoms with Crippen LogP contribution in [0.2, 0.25) is 0 Å². The van der Waals surface area contributed by atoms with Gasteiger partial charge >= 0.3 is 5.97 Å². The maximum atomic E-state index is 11.1. The summed E-state index contributed by atoms with van der Waals surface area (Å²) in [5.74, 6) is 0.332. The van der Waals surface area contributed by atoms with Crippen molar-refractivity contribution in [1.29, 1.82) is 0 Å². The second-order valence-corrected chi connectivity index (χ2v) is 7.31. The highest BCUT2D eigenvalue weighted by Crippen LogP contribution is 2.57. The van der Waals surface area contributed by atoms with Crippen LogP contribution in [-0.2, 0) is 10.2 Å². The molecule has 5 heteroatoms. The molecule has 2 fully saturated rings. The van der Waals surface area contributed by atoms with Gasteiger partial charge in [-0.25, -0.2) is 0 Å². The summed E-state index contributed by atoms with van der Waals surface area (Å²) in [6.45, 7) is 0. The summed E-state index contributed by atoms with van der Waals surface area (Å²) in [4.78, 5) is 11.1. The van der Waals surface area contributed by atoms with E-state index in [1.54, 1.807) is 0 Å². The lowest BCUT2D eigenvalue weighted by atomic mass is 9.92. The number of benzene rings is 1. The van der Waals surface area contributed by atoms with Crippen molar-refractivity contribution >= 4 is 21.9 Å². The molecule has 0 amide bonds. The van der Waals surface area contributed by atoms with E-state index in [9.17, 15) is 4.79 Å². The lowest BCUT2D eigenvalue weighted by Gasteiger charge is -2.21. The molecule has 21 heavy (non-hydrogen) atoms. The molecule has 0 aromatic heterocycles. The number of fused-ring (bicyclic) bond motifs is 1. The molecule has 1 heterocycles. The minimum atomic E-state index is -0.746. The van der Waals surface area contributed by atoms with Crippen LogP contribution in [0, 0.1) is 0 Å². The summed E-state index contributed by atoms with van der Waals surface area (Å²) in [7, 11) is 0. The fourth-order valence-corrected chi connectivity index (χ4v) is 4.37. The number of ether oxygens (including phenoxy) is 2. The van der Waals surface area contributed by atoms with Gasteiger partial charge in [0.15, 0.2) is 11.5 Å². The Balaban J connectivity index is 1.69. The van der Waals surface area contributed by atoms with E-state index in [2.05, 4.69) is 15.9 Å². The number of hydrogen-bond acceptors (Lipinski definition) is 3. The minimum Gasteiger partial charge on any atom is -0.481 e. The number of carboxylic acid groups (broad SMARTS) is 1. The van der Waals surface area contributed by atoms with E-state index in [1.807, 2.05) is 12.1 Å². The number of aliphatic carboxylic acids is 1. The van der Waals surface area contributed by atoms with Crippen molar-refractivity contribution in [2.75, 3.05) is 0 Å². The molecule has 4 nitrogen and oxygen atoms in total. The predicted molar refractivity (Wildman–Crippen MR) is 79.8 cm³/mol. The van der Waals surface area contributed by atoms with Gasteiger partial charge < -0.3 is 14.6 Å². The van der Waals surface area contributed by atoms with E-state index >= 15 is 0 Å². The first-order valence-electron chi connectivity index (χ1n) is 7.46. The molecule has 2 saturated carbocycles. The first-order valence-corrected chi connectivity index (χ1v) is 8.25. The molecule has 1 spiro atoms. The summed E-state index contributed by atoms with van der Waals surface area (Å²) >= 11 is 3.58. The van der Waals surface area contributed by atoms with Gasteiger partial charge in [-0.05, 0) is 43.4 Å². The van der Waals surface area contributed by atoms with Gasteiger partial charge in [0.1, 0.15) is 0 Å². The van der Waals surface area contributed by atoms with Crippen LogP contribution in [0.3, 0.4) is 0 Å². The van der Waals surface area contributed by atoms with Crippen molar-refractivity contribution in [3.63, 3.8) is 0 Å². The third-order valence-electron chi connectivity index (χ3n) is 4.91. The molecule has 112 valence electrons. The Kier molecular flexibility index (Phi) is 2.80. The standard InChI is InChI=1S/C16H17BrO4/c17-11-8-13-12(20-16(21-13)3-1-2-4-16)7-10(11)15(5-6-15)9-14(18)19/h7-8H,1-6,9H2,(H,18,19). The van der Waals surface area contributed by atoms with Gasteiger partial charge in [0.05, 0.1) is 6.42 Å². The van der Waals surface area contributed by atoms with Crippen molar-refractivity contribution in [3.05, 3.63) is 22.2 Å². The molecule has 0 unspecified atom stereocenters. The van der Waals surface area contributed by atoms with Gasteiger partial charge in [0.25, 0.3) is 5.79 Å². The normalized spacial score (nSPS) is 23.5. The number of carbonyl (C=O) groups is 1. The van der Waals surface area contributed by atoms with Crippen LogP contribution in [0.4, 0.5) is 0 Å². The first kappa shape index (κ1) is 13.4. The molecule has 1 aromatic carbocycles. The van der Waals surface area contributed by atoms with Crippen molar-refractivity contribution in [2.45, 2.75) is 56.1 Å². The zero-order valence-corrected chi connectivity index (χ0v) is 13.2. The molecule has 3 aliphatic rings. The Labute approximate surface area is 131 Å². The van der Waals surface area contributed by atoms with Crippen LogP contribution < -0.4 is 9.47 Å². The van der Waals surface area contributed by atoms with Gasteiger partial charge in [-0.15, -0.1) is 0 Å². The summed E-state index contributed by atoms with van der Waals surface area (Å²) < 4.78 is 13.1. The largest absolute Gasteiger partial charge is 0.481 e. The lowest BCUT2D eigenvalue weighted by Crippen LogP contribution is -2.34. The molecule has 0 radical (unpaired) electrons. The van der Waals surface area contributed by atoms with E-state index in [0.29, 0.717) is 0 Å². The molecule has 2 aliphatic carbocycles. The summed E-state index contributed by atoms with van der Waals surface area (Å²) in [5, 5.41) is 9.13. The van der Waals surface area contributed by atoms with Gasteiger partial charge in [-0.3, -0.25) is 4.79 Å². The number of rotatable bonds is 3. The molecule has 1 N–H and O–H groups in total. The van der Waals surface area contributed by atoms with E-state index in [0.717, 1.165) is 60.1 Å². The number of halogens is 1. The fourth-order valence-electron chi connectivity index (χ4n) is 3.62. The second-order valence-electron chi connectivity index (χ2n) is 6.45. The van der Waals surface area contributed by atoms with Crippen molar-refractivity contribution in [2.24, 2.45) is 0 Å². The molecule has 1 aromatic rings. The van der Waals surface area contributed by atoms with Crippen LogP contribution in [0.15, 0.2) is 16.6 Å². The van der Waals surface area contributed by atoms with E-state index in [1.165, 1.54) is 0 Å². The second kappa shape index (κ2) is 4.38. The monoisotopic (exact) mass is 352 g/mol. The Morgan fingerprint density at radius 1 is 1.14 bits per heavy atom. The average Bonchev–Trinajstić information content (AvgIpc) is 2.91. The molecular weight excluding hydrogens is 336 g/mol. The van der Waals surface area contributed by atoms with Crippen LogP contribution in [0.5, 0.6) is 11.5 Å². The number of carboxylic acids is 1. The maximum absolute atomic E-state index is 11.1. The zero-order valence-electron chi connectivity index (χ0n) is 11.7. The van der Waals surface area contributed by atoms with Crippen molar-refractivity contribution in [3.8, 4) is 11.5 Å². The fraction of sp³-hybridized carbons (Fsp3) is 0.562. The topological polar surface area (TPSA) is 55.8 Å². The molecule has 0 saturated heterocycles. The average molecular weight is 353 g/mol. The molecular formula is C16H17BrO4. The van der Waals surface area contributed by atoms with Gasteiger partial charge in [0.2, 0.25) is 0 Å². The lowest BCUT2D eigenvalue weighted by molar-refractivity contribution is -0.137. The van der Waals surface area contributed by atoms with Crippen molar-refractivity contribution in [1.82, 2.24) is 0 Å². The van der Waals surface area contributed by atoms with Crippen LogP contribution in [0.1, 0.15) is 50.5 Å². The van der Waals surface area contributed by atoms with Gasteiger partial charge in [-0.1, -0.05) is 15.9 Å². The zero-order chi connectivity index (χ0) is 14.7. The van der Waals surface area contributed by atoms with Crippen molar-refractivity contribution < 1.29 is 19.4 Å². The third-order valence-corrected chi connectivity index (χ3v) is 5.56. The Bertz CT molecular complexity index is 615. The Morgan fingerprint density at radius 3 is 2.33 bits per heavy atom.